The molecule has 0 saturated heterocycles. The Bertz CT molecular complexity index is 867. The number of halogens is 1. The number of anilines is 1. The molecule has 2 amide bonds. The Kier molecular flexibility index (Phi) is 8.67. The van der Waals surface area contributed by atoms with Crippen LogP contribution in [-0.2, 0) is 9.59 Å². The van der Waals surface area contributed by atoms with Gasteiger partial charge in [0, 0.05) is 5.69 Å². The normalized spacial score (nSPS) is 10.8. The van der Waals surface area contributed by atoms with Crippen molar-refractivity contribution in [2.75, 3.05) is 11.9 Å². The van der Waals surface area contributed by atoms with E-state index in [0.717, 1.165) is 15.8 Å². The zero-order valence-electron chi connectivity index (χ0n) is 16.6. The zero-order chi connectivity index (χ0) is 21.2. The van der Waals surface area contributed by atoms with Crippen molar-refractivity contribution < 1.29 is 19.1 Å². The van der Waals surface area contributed by atoms with Gasteiger partial charge in [0.15, 0.2) is 0 Å². The van der Waals surface area contributed by atoms with E-state index in [1.807, 2.05) is 39.0 Å². The van der Waals surface area contributed by atoms with Crippen molar-refractivity contribution >= 4 is 39.6 Å². The van der Waals surface area contributed by atoms with Gasteiger partial charge in [0.05, 0.1) is 23.4 Å². The van der Waals surface area contributed by atoms with Crippen LogP contribution in [0.1, 0.15) is 32.8 Å². The van der Waals surface area contributed by atoms with Gasteiger partial charge in [-0.15, -0.1) is 0 Å². The lowest BCUT2D eigenvalue weighted by Crippen LogP contribution is -2.24. The van der Waals surface area contributed by atoms with E-state index in [2.05, 4.69) is 31.8 Å². The average molecular weight is 462 g/mol. The van der Waals surface area contributed by atoms with Crippen LogP contribution in [0.2, 0.25) is 0 Å². The molecule has 29 heavy (non-hydrogen) atoms. The highest BCUT2D eigenvalue weighted by Gasteiger charge is 2.09. The minimum atomic E-state index is -0.511. The maximum Gasteiger partial charge on any atom is 0.249 e. The Hall–Kier alpha value is -2.87. The largest absolute Gasteiger partial charge is 0.494 e. The second-order valence-electron chi connectivity index (χ2n) is 6.33. The number of nitrogens with one attached hydrogen (secondary N) is 2. The van der Waals surface area contributed by atoms with E-state index in [0.29, 0.717) is 18.0 Å². The molecule has 154 valence electrons. The van der Waals surface area contributed by atoms with Crippen LogP contribution in [0.5, 0.6) is 11.5 Å². The molecule has 2 aromatic rings. The monoisotopic (exact) mass is 461 g/mol. The minimum Gasteiger partial charge on any atom is -0.494 e. The van der Waals surface area contributed by atoms with Crippen LogP contribution in [0.4, 0.5) is 5.69 Å². The lowest BCUT2D eigenvalue weighted by molar-refractivity contribution is -0.126. The summed E-state index contributed by atoms with van der Waals surface area (Å²) in [5, 5.41) is 6.53. The molecule has 0 heterocycles. The van der Waals surface area contributed by atoms with Crippen molar-refractivity contribution in [3.63, 3.8) is 0 Å². The summed E-state index contributed by atoms with van der Waals surface area (Å²) < 4.78 is 11.8. The molecule has 0 aliphatic carbocycles. The molecule has 0 bridgehead atoms. The molecule has 2 aromatic carbocycles. The van der Waals surface area contributed by atoms with E-state index in [-0.39, 0.29) is 12.5 Å². The first-order valence-electron chi connectivity index (χ1n) is 9.18. The van der Waals surface area contributed by atoms with Gasteiger partial charge in [-0.25, -0.2) is 5.43 Å². The lowest BCUT2D eigenvalue weighted by Gasteiger charge is -2.11. The van der Waals surface area contributed by atoms with Gasteiger partial charge in [-0.05, 0) is 84.7 Å². The molecule has 0 aliphatic heterocycles. The second kappa shape index (κ2) is 11.2. The number of hydrazone groups is 1. The van der Waals surface area contributed by atoms with E-state index in [9.17, 15) is 9.59 Å². The number of rotatable bonds is 9. The van der Waals surface area contributed by atoms with Crippen molar-refractivity contribution in [3.05, 3.63) is 52.5 Å². The second-order valence-corrected chi connectivity index (χ2v) is 7.19. The van der Waals surface area contributed by atoms with Crippen LogP contribution in [-0.4, -0.2) is 30.7 Å². The number of benzene rings is 2. The minimum absolute atomic E-state index is 0.0684. The van der Waals surface area contributed by atoms with Gasteiger partial charge in [-0.2, -0.15) is 5.10 Å². The molecule has 0 aromatic heterocycles. The molecule has 2 rings (SSSR count). The first kappa shape index (κ1) is 22.4. The van der Waals surface area contributed by atoms with Crippen LogP contribution in [0.25, 0.3) is 0 Å². The molecule has 2 N–H and O–H groups in total. The molecular formula is C21H24BrN3O4. The quantitative estimate of drug-likeness (QED) is 0.334. The van der Waals surface area contributed by atoms with Gasteiger partial charge in [0.1, 0.15) is 17.9 Å². The summed E-state index contributed by atoms with van der Waals surface area (Å²) in [6, 6.07) is 12.4. The highest BCUT2D eigenvalue weighted by atomic mass is 79.9. The van der Waals surface area contributed by atoms with Crippen LogP contribution in [0, 0.1) is 0 Å². The lowest BCUT2D eigenvalue weighted by atomic mass is 10.2. The maximum atomic E-state index is 12.0. The van der Waals surface area contributed by atoms with Gasteiger partial charge in [0.2, 0.25) is 11.8 Å². The number of amides is 2. The van der Waals surface area contributed by atoms with Crippen molar-refractivity contribution in [2.24, 2.45) is 5.10 Å². The Morgan fingerprint density at radius 2 is 1.86 bits per heavy atom. The Balaban J connectivity index is 1.81. The SMILES string of the molecule is CCOc1ccc(NC(=O)CC(=O)NN=Cc2ccc(OC(C)C)c(Br)c2)cc1. The molecule has 7 nitrogen and oxygen atoms in total. The molecule has 0 atom stereocenters. The number of nitrogens with zero attached hydrogens (tertiary/aromatic N) is 1. The topological polar surface area (TPSA) is 89.0 Å². The summed E-state index contributed by atoms with van der Waals surface area (Å²) in [7, 11) is 0. The van der Waals surface area contributed by atoms with Crippen molar-refractivity contribution in [1.29, 1.82) is 0 Å². The molecule has 0 unspecified atom stereocenters. The van der Waals surface area contributed by atoms with Crippen molar-refractivity contribution in [2.45, 2.75) is 33.3 Å². The maximum absolute atomic E-state index is 12.0. The summed E-state index contributed by atoms with van der Waals surface area (Å²) in [5.41, 5.74) is 3.70. The zero-order valence-corrected chi connectivity index (χ0v) is 18.2. The van der Waals surface area contributed by atoms with Crippen LogP contribution < -0.4 is 20.2 Å². The Labute approximate surface area is 178 Å². The number of hydrogen-bond acceptors (Lipinski definition) is 5. The summed E-state index contributed by atoms with van der Waals surface area (Å²) in [6.07, 6.45) is 1.22. The van der Waals surface area contributed by atoms with Gasteiger partial charge < -0.3 is 14.8 Å². The smallest absolute Gasteiger partial charge is 0.249 e. The highest BCUT2D eigenvalue weighted by Crippen LogP contribution is 2.26. The first-order chi connectivity index (χ1) is 13.9. The van der Waals surface area contributed by atoms with Crippen LogP contribution >= 0.6 is 15.9 Å². The molecule has 8 heteroatoms. The van der Waals surface area contributed by atoms with Gasteiger partial charge in [0.25, 0.3) is 0 Å². The third kappa shape index (κ3) is 7.95. The molecule has 0 aliphatic rings. The number of carbonyl (C=O) groups excluding carboxylic acids is 2. The number of carbonyl (C=O) groups is 2. The predicted molar refractivity (Wildman–Crippen MR) is 117 cm³/mol. The molecular weight excluding hydrogens is 438 g/mol. The fraction of sp³-hybridized carbons (Fsp3) is 0.286. The van der Waals surface area contributed by atoms with Crippen molar-refractivity contribution in [1.82, 2.24) is 5.43 Å². The van der Waals surface area contributed by atoms with Gasteiger partial charge in [-0.1, -0.05) is 0 Å². The Morgan fingerprint density at radius 3 is 2.48 bits per heavy atom. The Morgan fingerprint density at radius 1 is 1.14 bits per heavy atom. The van der Waals surface area contributed by atoms with Crippen molar-refractivity contribution in [3.8, 4) is 11.5 Å². The summed E-state index contributed by atoms with van der Waals surface area (Å²) >= 11 is 3.44. The predicted octanol–water partition coefficient (Wildman–Crippen LogP) is 4.11. The standard InChI is InChI=1S/C21H24BrN3O4/c1-4-28-17-8-6-16(7-9-17)24-20(26)12-21(27)25-23-13-15-5-10-19(18(22)11-15)29-14(2)3/h5-11,13-14H,4,12H2,1-3H3,(H,24,26)(H,25,27). The van der Waals surface area contributed by atoms with E-state index in [4.69, 9.17) is 9.47 Å². The van der Waals surface area contributed by atoms with Gasteiger partial charge >= 0.3 is 0 Å². The van der Waals surface area contributed by atoms with E-state index in [1.54, 1.807) is 24.3 Å². The molecule has 0 spiro atoms. The van der Waals surface area contributed by atoms with E-state index in [1.165, 1.54) is 6.21 Å². The summed E-state index contributed by atoms with van der Waals surface area (Å²) in [5.74, 6) is 0.503. The number of ether oxygens (including phenoxy) is 2. The fourth-order valence-corrected chi connectivity index (χ4v) is 2.81. The molecule has 0 fully saturated rings. The van der Waals surface area contributed by atoms with Crippen LogP contribution in [0.3, 0.4) is 0 Å². The fourth-order valence-electron chi connectivity index (χ4n) is 2.32. The van der Waals surface area contributed by atoms with E-state index < -0.39 is 11.8 Å². The summed E-state index contributed by atoms with van der Waals surface area (Å²) in [4.78, 5) is 23.8. The molecule has 0 saturated carbocycles. The van der Waals surface area contributed by atoms with Gasteiger partial charge in [-0.3, -0.25) is 9.59 Å². The molecule has 0 radical (unpaired) electrons. The highest BCUT2D eigenvalue weighted by molar-refractivity contribution is 9.10. The summed E-state index contributed by atoms with van der Waals surface area (Å²) in [6.45, 7) is 6.36. The average Bonchev–Trinajstić information content (AvgIpc) is 2.65. The van der Waals surface area contributed by atoms with Crippen LogP contribution in [0.15, 0.2) is 52.0 Å². The van der Waals surface area contributed by atoms with E-state index >= 15 is 0 Å². The first-order valence-corrected chi connectivity index (χ1v) is 9.97. The third-order valence-corrected chi connectivity index (χ3v) is 4.11. The third-order valence-electron chi connectivity index (χ3n) is 3.49. The number of hydrogen-bond donors (Lipinski definition) is 2.